The van der Waals surface area contributed by atoms with E-state index in [0.717, 1.165) is 33.3 Å². The Morgan fingerprint density at radius 3 is 2.45 bits per heavy atom. The molecule has 112 valence electrons. The second-order valence-electron chi connectivity index (χ2n) is 5.66. The predicted octanol–water partition coefficient (Wildman–Crippen LogP) is 3.71. The van der Waals surface area contributed by atoms with Crippen molar-refractivity contribution < 1.29 is 9.90 Å². The summed E-state index contributed by atoms with van der Waals surface area (Å²) in [5, 5.41) is 9.26. The number of hydrogen-bond acceptors (Lipinski definition) is 2. The Balaban J connectivity index is 2.33. The Morgan fingerprint density at radius 1 is 1.09 bits per heavy atom. The topological polar surface area (TPSA) is 55.1 Å². The molecule has 0 aliphatic rings. The lowest BCUT2D eigenvalue weighted by atomic mass is 10.1. The average molecular weight is 294 g/mol. The number of aromatic nitrogens is 2. The summed E-state index contributed by atoms with van der Waals surface area (Å²) >= 11 is 0. The normalized spacial score (nSPS) is 11.0. The lowest BCUT2D eigenvalue weighted by Crippen LogP contribution is -2.10. The van der Waals surface area contributed by atoms with Crippen LogP contribution in [0, 0.1) is 20.8 Å². The van der Waals surface area contributed by atoms with Crippen molar-refractivity contribution in [1.82, 2.24) is 9.55 Å². The number of imidazole rings is 1. The molecular weight excluding hydrogens is 276 g/mol. The summed E-state index contributed by atoms with van der Waals surface area (Å²) in [4.78, 5) is 16.0. The first-order valence-corrected chi connectivity index (χ1v) is 7.22. The van der Waals surface area contributed by atoms with E-state index in [1.165, 1.54) is 0 Å². The van der Waals surface area contributed by atoms with Gasteiger partial charge < -0.3 is 9.67 Å². The number of hydrogen-bond donors (Lipinski definition) is 1. The zero-order valence-electron chi connectivity index (χ0n) is 12.9. The molecule has 22 heavy (non-hydrogen) atoms. The molecule has 1 N–H and O–H groups in total. The lowest BCUT2D eigenvalue weighted by molar-refractivity contribution is -0.137. The number of aliphatic carboxylic acids is 1. The molecule has 4 heteroatoms. The summed E-state index contributed by atoms with van der Waals surface area (Å²) in [5.41, 5.74) is 6.04. The van der Waals surface area contributed by atoms with Crippen LogP contribution in [0.25, 0.3) is 22.4 Å². The van der Waals surface area contributed by atoms with Gasteiger partial charge in [-0.25, -0.2) is 4.98 Å². The van der Waals surface area contributed by atoms with E-state index in [-0.39, 0.29) is 6.54 Å². The predicted molar refractivity (Wildman–Crippen MR) is 87.0 cm³/mol. The van der Waals surface area contributed by atoms with Crippen LogP contribution in [0.2, 0.25) is 0 Å². The highest BCUT2D eigenvalue weighted by atomic mass is 16.4. The van der Waals surface area contributed by atoms with Crippen molar-refractivity contribution in [2.24, 2.45) is 0 Å². The third-order valence-corrected chi connectivity index (χ3v) is 4.04. The molecule has 0 saturated heterocycles. The van der Waals surface area contributed by atoms with Crippen molar-refractivity contribution >= 4 is 17.0 Å². The summed E-state index contributed by atoms with van der Waals surface area (Å²) < 4.78 is 1.78. The molecule has 0 fully saturated rings. The highest BCUT2D eigenvalue weighted by molar-refractivity contribution is 5.84. The molecule has 1 heterocycles. The molecule has 1 aromatic heterocycles. The number of benzene rings is 2. The molecule has 3 rings (SSSR count). The van der Waals surface area contributed by atoms with Gasteiger partial charge in [-0.05, 0) is 49.6 Å². The summed E-state index contributed by atoms with van der Waals surface area (Å²) in [6.07, 6.45) is 0. The molecule has 0 radical (unpaired) electrons. The third-order valence-electron chi connectivity index (χ3n) is 4.04. The van der Waals surface area contributed by atoms with Gasteiger partial charge in [-0.3, -0.25) is 4.79 Å². The van der Waals surface area contributed by atoms with Crippen LogP contribution in [0.15, 0.2) is 36.4 Å². The Kier molecular flexibility index (Phi) is 3.45. The number of nitrogens with zero attached hydrogens (tertiary/aromatic N) is 2. The van der Waals surface area contributed by atoms with Crippen LogP contribution in [0.3, 0.4) is 0 Å². The van der Waals surface area contributed by atoms with Crippen LogP contribution in [0.1, 0.15) is 16.7 Å². The summed E-state index contributed by atoms with van der Waals surface area (Å²) in [7, 11) is 0. The van der Waals surface area contributed by atoms with Crippen molar-refractivity contribution in [3.8, 4) is 11.4 Å². The fourth-order valence-electron chi connectivity index (χ4n) is 2.70. The zero-order chi connectivity index (χ0) is 15.9. The summed E-state index contributed by atoms with van der Waals surface area (Å²) in [6, 6.07) is 11.9. The van der Waals surface area contributed by atoms with Crippen molar-refractivity contribution in [3.05, 3.63) is 53.1 Å². The summed E-state index contributed by atoms with van der Waals surface area (Å²) in [6.45, 7) is 5.98. The van der Waals surface area contributed by atoms with Gasteiger partial charge >= 0.3 is 5.97 Å². The van der Waals surface area contributed by atoms with Gasteiger partial charge in [0.05, 0.1) is 11.0 Å². The minimum atomic E-state index is -0.868. The number of aryl methyl sites for hydroxylation is 3. The van der Waals surface area contributed by atoms with E-state index >= 15 is 0 Å². The Morgan fingerprint density at radius 2 is 1.77 bits per heavy atom. The second kappa shape index (κ2) is 5.30. The van der Waals surface area contributed by atoms with Crippen LogP contribution in [-0.2, 0) is 11.3 Å². The standard InChI is InChI=1S/C18H18N2O2/c1-11-6-4-5-7-14(11)18-19-15-8-12(2)13(3)9-16(15)20(18)10-17(21)22/h4-9H,10H2,1-3H3,(H,21,22). The van der Waals surface area contributed by atoms with Crippen molar-refractivity contribution in [2.45, 2.75) is 27.3 Å². The van der Waals surface area contributed by atoms with E-state index in [9.17, 15) is 9.90 Å². The molecule has 0 saturated carbocycles. The van der Waals surface area contributed by atoms with Gasteiger partial charge in [-0.2, -0.15) is 0 Å². The van der Waals surface area contributed by atoms with Crippen molar-refractivity contribution in [3.63, 3.8) is 0 Å². The maximum atomic E-state index is 11.3. The maximum Gasteiger partial charge on any atom is 0.323 e. The number of carboxylic acids is 1. The third kappa shape index (κ3) is 2.37. The largest absolute Gasteiger partial charge is 0.480 e. The Labute approximate surface area is 129 Å². The average Bonchev–Trinajstić information content (AvgIpc) is 2.77. The first kappa shape index (κ1) is 14.3. The van der Waals surface area contributed by atoms with Gasteiger partial charge in [0.1, 0.15) is 12.4 Å². The zero-order valence-corrected chi connectivity index (χ0v) is 12.9. The molecule has 0 aliphatic heterocycles. The second-order valence-corrected chi connectivity index (χ2v) is 5.66. The highest BCUT2D eigenvalue weighted by Crippen LogP contribution is 2.28. The Hall–Kier alpha value is -2.62. The fraction of sp³-hybridized carbons (Fsp3) is 0.222. The number of fused-ring (bicyclic) bond motifs is 1. The minimum Gasteiger partial charge on any atom is -0.480 e. The van der Waals surface area contributed by atoms with E-state index in [0.29, 0.717) is 5.82 Å². The quantitative estimate of drug-likeness (QED) is 0.801. The highest BCUT2D eigenvalue weighted by Gasteiger charge is 2.16. The molecule has 4 nitrogen and oxygen atoms in total. The van der Waals surface area contributed by atoms with E-state index < -0.39 is 5.97 Å². The smallest absolute Gasteiger partial charge is 0.323 e. The van der Waals surface area contributed by atoms with Gasteiger partial charge in [0, 0.05) is 5.56 Å². The number of carboxylic acid groups (broad SMARTS) is 1. The molecule has 0 atom stereocenters. The van der Waals surface area contributed by atoms with Crippen LogP contribution in [0.5, 0.6) is 0 Å². The first-order chi connectivity index (χ1) is 10.5. The molecule has 0 amide bonds. The molecule has 0 aliphatic carbocycles. The van der Waals surface area contributed by atoms with Crippen molar-refractivity contribution in [1.29, 1.82) is 0 Å². The van der Waals surface area contributed by atoms with E-state index in [1.54, 1.807) is 4.57 Å². The monoisotopic (exact) mass is 294 g/mol. The molecule has 0 unspecified atom stereocenters. The molecule has 2 aromatic carbocycles. The van der Waals surface area contributed by atoms with Crippen molar-refractivity contribution in [2.75, 3.05) is 0 Å². The lowest BCUT2D eigenvalue weighted by Gasteiger charge is -2.09. The van der Waals surface area contributed by atoms with E-state index in [1.807, 2.05) is 57.2 Å². The van der Waals surface area contributed by atoms with Gasteiger partial charge in [0.15, 0.2) is 0 Å². The first-order valence-electron chi connectivity index (χ1n) is 7.22. The van der Waals surface area contributed by atoms with E-state index in [4.69, 9.17) is 4.98 Å². The van der Waals surface area contributed by atoms with Gasteiger partial charge in [-0.15, -0.1) is 0 Å². The molecule has 3 aromatic rings. The van der Waals surface area contributed by atoms with Crippen LogP contribution in [-0.4, -0.2) is 20.6 Å². The molecular formula is C18H18N2O2. The van der Waals surface area contributed by atoms with Crippen LogP contribution < -0.4 is 0 Å². The maximum absolute atomic E-state index is 11.3. The van der Waals surface area contributed by atoms with Gasteiger partial charge in [0.25, 0.3) is 0 Å². The molecule has 0 bridgehead atoms. The minimum absolute atomic E-state index is 0.0946. The fourth-order valence-corrected chi connectivity index (χ4v) is 2.70. The Bertz CT molecular complexity index is 878. The van der Waals surface area contributed by atoms with Gasteiger partial charge in [-0.1, -0.05) is 24.3 Å². The van der Waals surface area contributed by atoms with Gasteiger partial charge in [0.2, 0.25) is 0 Å². The number of carbonyl (C=O) groups is 1. The van der Waals surface area contributed by atoms with E-state index in [2.05, 4.69) is 0 Å². The summed E-state index contributed by atoms with van der Waals surface area (Å²) in [5.74, 6) is -0.159. The van der Waals surface area contributed by atoms with Crippen LogP contribution >= 0.6 is 0 Å². The van der Waals surface area contributed by atoms with Crippen LogP contribution in [0.4, 0.5) is 0 Å². The number of rotatable bonds is 3. The SMILES string of the molecule is Cc1cc2nc(-c3ccccc3C)n(CC(=O)O)c2cc1C. The molecule has 0 spiro atoms.